The summed E-state index contributed by atoms with van der Waals surface area (Å²) in [6.07, 6.45) is -4.72. The van der Waals surface area contributed by atoms with E-state index in [2.05, 4.69) is 10.1 Å². The molecule has 2 aromatic rings. The summed E-state index contributed by atoms with van der Waals surface area (Å²) in [7, 11) is 0. The van der Waals surface area contributed by atoms with Gasteiger partial charge in [0, 0.05) is 0 Å². The quantitative estimate of drug-likeness (QED) is 0.901. The number of benzene rings is 2. The Morgan fingerprint density at radius 3 is 2.32 bits per heavy atom. The van der Waals surface area contributed by atoms with Crippen LogP contribution in [-0.4, -0.2) is 12.3 Å². The number of para-hydroxylation sites is 1. The summed E-state index contributed by atoms with van der Waals surface area (Å²) in [6, 6.07) is 11.9. The zero-order chi connectivity index (χ0) is 16.2. The summed E-state index contributed by atoms with van der Waals surface area (Å²) in [4.78, 5) is 11.9. The number of nitrogens with one attached hydrogen (secondary N) is 1. The van der Waals surface area contributed by atoms with Gasteiger partial charge in [-0.15, -0.1) is 13.2 Å². The fraction of sp³-hybridized carbons (Fsp3) is 0.133. The van der Waals surface area contributed by atoms with Gasteiger partial charge in [0.05, 0.1) is 17.1 Å². The van der Waals surface area contributed by atoms with E-state index in [1.54, 1.807) is 24.3 Å². The Balaban J connectivity index is 1.96. The second kappa shape index (κ2) is 6.70. The molecule has 0 atom stereocenters. The Hall–Kier alpha value is -2.21. The minimum absolute atomic E-state index is 0.0114. The molecule has 2 aromatic carbocycles. The zero-order valence-corrected chi connectivity index (χ0v) is 11.9. The lowest BCUT2D eigenvalue weighted by Crippen LogP contribution is -2.17. The summed E-state index contributed by atoms with van der Waals surface area (Å²) in [5.41, 5.74) is 1.03. The van der Waals surface area contributed by atoms with E-state index in [-0.39, 0.29) is 18.1 Å². The van der Waals surface area contributed by atoms with Gasteiger partial charge in [-0.25, -0.2) is 0 Å². The molecule has 0 aliphatic heterocycles. The van der Waals surface area contributed by atoms with E-state index in [1.165, 1.54) is 12.1 Å². The highest BCUT2D eigenvalue weighted by Gasteiger charge is 2.30. The molecule has 1 amide bonds. The third kappa shape index (κ3) is 4.96. The Kier molecular flexibility index (Phi) is 4.92. The summed E-state index contributed by atoms with van der Waals surface area (Å²) >= 11 is 5.92. The first-order valence-electron chi connectivity index (χ1n) is 6.22. The van der Waals surface area contributed by atoms with Crippen LogP contribution in [0.4, 0.5) is 18.9 Å². The number of hydrogen-bond acceptors (Lipinski definition) is 2. The first-order valence-corrected chi connectivity index (χ1v) is 6.60. The molecule has 0 saturated carbocycles. The van der Waals surface area contributed by atoms with E-state index in [1.807, 2.05) is 0 Å². The monoisotopic (exact) mass is 329 g/mol. The lowest BCUT2D eigenvalue weighted by Gasteiger charge is -2.10. The van der Waals surface area contributed by atoms with Crippen molar-refractivity contribution in [3.8, 4) is 5.75 Å². The molecule has 3 nitrogen and oxygen atoms in total. The third-order valence-electron chi connectivity index (χ3n) is 2.67. The number of ether oxygens (including phenoxy) is 1. The first-order chi connectivity index (χ1) is 10.3. The summed E-state index contributed by atoms with van der Waals surface area (Å²) in [5.74, 6) is -0.652. The maximum atomic E-state index is 12.0. The van der Waals surface area contributed by atoms with Crippen molar-refractivity contribution in [3.63, 3.8) is 0 Å². The molecule has 0 radical (unpaired) electrons. The van der Waals surface area contributed by atoms with E-state index >= 15 is 0 Å². The molecular formula is C15H11ClF3NO2. The maximum absolute atomic E-state index is 12.0. The minimum atomic E-state index is -4.73. The van der Waals surface area contributed by atoms with Crippen molar-refractivity contribution in [2.75, 3.05) is 5.32 Å². The molecule has 2 rings (SSSR count). The van der Waals surface area contributed by atoms with Crippen LogP contribution in [-0.2, 0) is 11.2 Å². The maximum Gasteiger partial charge on any atom is 0.573 e. The summed E-state index contributed by atoms with van der Waals surface area (Å²) < 4.78 is 39.9. The molecule has 22 heavy (non-hydrogen) atoms. The smallest absolute Gasteiger partial charge is 0.406 e. The van der Waals surface area contributed by atoms with E-state index in [0.29, 0.717) is 16.3 Å². The number of alkyl halides is 3. The molecule has 0 heterocycles. The molecule has 0 spiro atoms. The number of hydrogen-bond donors (Lipinski definition) is 1. The zero-order valence-electron chi connectivity index (χ0n) is 11.2. The molecule has 0 aliphatic carbocycles. The van der Waals surface area contributed by atoms with Gasteiger partial charge in [0.1, 0.15) is 5.75 Å². The molecular weight excluding hydrogens is 319 g/mol. The minimum Gasteiger partial charge on any atom is -0.406 e. The van der Waals surface area contributed by atoms with Gasteiger partial charge in [-0.1, -0.05) is 35.9 Å². The van der Waals surface area contributed by atoms with E-state index < -0.39 is 6.36 Å². The molecule has 7 heteroatoms. The van der Waals surface area contributed by atoms with Crippen molar-refractivity contribution >= 4 is 23.2 Å². The Labute approximate surface area is 129 Å². The largest absolute Gasteiger partial charge is 0.573 e. The van der Waals surface area contributed by atoms with Crippen LogP contribution >= 0.6 is 11.6 Å². The highest BCUT2D eigenvalue weighted by molar-refractivity contribution is 6.33. The highest BCUT2D eigenvalue weighted by atomic mass is 35.5. The van der Waals surface area contributed by atoms with Crippen LogP contribution in [0.1, 0.15) is 5.56 Å². The summed E-state index contributed by atoms with van der Waals surface area (Å²) in [6.45, 7) is 0. The molecule has 0 unspecified atom stereocenters. The van der Waals surface area contributed by atoms with Crippen LogP contribution in [0, 0.1) is 0 Å². The molecule has 1 N–H and O–H groups in total. The van der Waals surface area contributed by atoms with Crippen molar-refractivity contribution < 1.29 is 22.7 Å². The number of rotatable bonds is 4. The standard InChI is InChI=1S/C15H11ClF3NO2/c16-12-3-1-2-4-13(12)20-14(21)9-10-5-7-11(8-6-10)22-15(17,18)19/h1-8H,9H2,(H,20,21). The van der Waals surface area contributed by atoms with Gasteiger partial charge < -0.3 is 10.1 Å². The van der Waals surface area contributed by atoms with Crippen LogP contribution in [0.3, 0.4) is 0 Å². The van der Waals surface area contributed by atoms with Gasteiger partial charge in [0.25, 0.3) is 0 Å². The Bertz CT molecular complexity index is 657. The lowest BCUT2D eigenvalue weighted by molar-refractivity contribution is -0.274. The van der Waals surface area contributed by atoms with Gasteiger partial charge in [-0.05, 0) is 29.8 Å². The first kappa shape index (κ1) is 16.2. The summed E-state index contributed by atoms with van der Waals surface area (Å²) in [5, 5.41) is 3.04. The number of anilines is 1. The van der Waals surface area contributed by atoms with Crippen LogP contribution in [0.25, 0.3) is 0 Å². The molecule has 0 aromatic heterocycles. The van der Waals surface area contributed by atoms with Crippen LogP contribution < -0.4 is 10.1 Å². The fourth-order valence-electron chi connectivity index (χ4n) is 1.75. The number of amides is 1. The number of halogens is 4. The van der Waals surface area contributed by atoms with Gasteiger partial charge in [-0.2, -0.15) is 0 Å². The fourth-order valence-corrected chi connectivity index (χ4v) is 1.93. The van der Waals surface area contributed by atoms with Gasteiger partial charge >= 0.3 is 6.36 Å². The topological polar surface area (TPSA) is 38.3 Å². The predicted octanol–water partition coefficient (Wildman–Crippen LogP) is 4.42. The van der Waals surface area contributed by atoms with Crippen LogP contribution in [0.15, 0.2) is 48.5 Å². The van der Waals surface area contributed by atoms with Crippen molar-refractivity contribution in [2.45, 2.75) is 12.8 Å². The number of carbonyl (C=O) groups is 1. The average molecular weight is 330 g/mol. The third-order valence-corrected chi connectivity index (χ3v) is 3.00. The van der Waals surface area contributed by atoms with Crippen LogP contribution in [0.5, 0.6) is 5.75 Å². The van der Waals surface area contributed by atoms with E-state index in [9.17, 15) is 18.0 Å². The molecule has 0 bridgehead atoms. The predicted molar refractivity (Wildman–Crippen MR) is 76.9 cm³/mol. The van der Waals surface area contributed by atoms with Gasteiger partial charge in [0.2, 0.25) is 5.91 Å². The number of carbonyl (C=O) groups excluding carboxylic acids is 1. The second-order valence-electron chi connectivity index (χ2n) is 4.40. The molecule has 0 fully saturated rings. The lowest BCUT2D eigenvalue weighted by atomic mass is 10.1. The highest BCUT2D eigenvalue weighted by Crippen LogP contribution is 2.23. The molecule has 0 saturated heterocycles. The van der Waals surface area contributed by atoms with Crippen molar-refractivity contribution in [2.24, 2.45) is 0 Å². The van der Waals surface area contributed by atoms with Crippen LogP contribution in [0.2, 0.25) is 5.02 Å². The van der Waals surface area contributed by atoms with Gasteiger partial charge in [-0.3, -0.25) is 4.79 Å². The van der Waals surface area contributed by atoms with Crippen molar-refractivity contribution in [1.29, 1.82) is 0 Å². The normalized spacial score (nSPS) is 11.1. The SMILES string of the molecule is O=C(Cc1ccc(OC(F)(F)F)cc1)Nc1ccccc1Cl. The Morgan fingerprint density at radius 1 is 1.09 bits per heavy atom. The van der Waals surface area contributed by atoms with Crippen molar-refractivity contribution in [1.82, 2.24) is 0 Å². The Morgan fingerprint density at radius 2 is 1.73 bits per heavy atom. The second-order valence-corrected chi connectivity index (χ2v) is 4.80. The molecule has 0 aliphatic rings. The van der Waals surface area contributed by atoms with E-state index in [0.717, 1.165) is 12.1 Å². The molecule has 116 valence electrons. The van der Waals surface area contributed by atoms with E-state index in [4.69, 9.17) is 11.6 Å². The van der Waals surface area contributed by atoms with Crippen molar-refractivity contribution in [3.05, 3.63) is 59.1 Å². The van der Waals surface area contributed by atoms with Gasteiger partial charge in [0.15, 0.2) is 0 Å². The average Bonchev–Trinajstić information content (AvgIpc) is 2.42.